The summed E-state index contributed by atoms with van der Waals surface area (Å²) >= 11 is 0. The molecule has 3 aromatic carbocycles. The topological polar surface area (TPSA) is 116 Å². The van der Waals surface area contributed by atoms with Crippen LogP contribution in [-0.2, 0) is 16.1 Å². The Morgan fingerprint density at radius 1 is 1.00 bits per heavy atom. The van der Waals surface area contributed by atoms with E-state index < -0.39 is 11.9 Å². The highest BCUT2D eigenvalue weighted by Crippen LogP contribution is 2.26. The summed E-state index contributed by atoms with van der Waals surface area (Å²) in [4.78, 5) is 45.9. The van der Waals surface area contributed by atoms with E-state index in [0.717, 1.165) is 41.4 Å². The van der Waals surface area contributed by atoms with Gasteiger partial charge in [0, 0.05) is 56.0 Å². The minimum atomic E-state index is -0.568. The summed E-state index contributed by atoms with van der Waals surface area (Å²) in [5.41, 5.74) is 5.21. The van der Waals surface area contributed by atoms with Gasteiger partial charge in [-0.3, -0.25) is 29.6 Å². The molecule has 0 radical (unpaired) electrons. The second-order valence-electron chi connectivity index (χ2n) is 13.4. The highest BCUT2D eigenvalue weighted by atomic mass is 19.1. The van der Waals surface area contributed by atoms with Crippen molar-refractivity contribution in [2.24, 2.45) is 0 Å². The molecule has 3 N–H and O–H groups in total. The Morgan fingerprint density at radius 2 is 1.74 bits per heavy atom. The lowest BCUT2D eigenvalue weighted by Crippen LogP contribution is -2.47. The molecule has 2 aliphatic rings. The molecule has 6 rings (SSSR count). The number of carbonyl (C=O) groups excluding carboxylic acids is 3. The van der Waals surface area contributed by atoms with Gasteiger partial charge in [0.1, 0.15) is 23.4 Å². The number of nitrogens with one attached hydrogen (secondary N) is 3. The predicted octanol–water partition coefficient (Wildman–Crippen LogP) is 6.56. The lowest BCUT2D eigenvalue weighted by Gasteiger charge is -2.36. The SMILES string of the molecule is C/C=C\C=C(\Oc1ccc(C)cc1)c1ccc(C(=O)NC(C)c2cccc(CN3CCN(c4ccc(NC5CCC(=O)NC5=O)cc4F)CC3)n2)cc1. The number of halogens is 1. The lowest BCUT2D eigenvalue weighted by molar-refractivity contribution is -0.133. The average Bonchev–Trinajstić information content (AvgIpc) is 3.16. The van der Waals surface area contributed by atoms with E-state index in [2.05, 4.69) is 20.9 Å². The summed E-state index contributed by atoms with van der Waals surface area (Å²) in [6.07, 6.45) is 6.38. The molecule has 2 unspecified atom stereocenters. The number of aromatic nitrogens is 1. The highest BCUT2D eigenvalue weighted by Gasteiger charge is 2.27. The van der Waals surface area contributed by atoms with Crippen molar-refractivity contribution in [1.29, 1.82) is 0 Å². The third-order valence-corrected chi connectivity index (χ3v) is 9.37. The summed E-state index contributed by atoms with van der Waals surface area (Å²) in [5, 5.41) is 8.43. The number of hydrogen-bond acceptors (Lipinski definition) is 8. The number of aryl methyl sites for hydroxylation is 1. The summed E-state index contributed by atoms with van der Waals surface area (Å²) in [6.45, 7) is 9.28. The number of rotatable bonds is 12. The summed E-state index contributed by atoms with van der Waals surface area (Å²) in [7, 11) is 0. The maximum absolute atomic E-state index is 15.2. The minimum absolute atomic E-state index is 0.196. The largest absolute Gasteiger partial charge is 0.457 e. The van der Waals surface area contributed by atoms with E-state index in [1.807, 2.05) is 98.5 Å². The van der Waals surface area contributed by atoms with Crippen LogP contribution in [0.4, 0.5) is 15.8 Å². The van der Waals surface area contributed by atoms with E-state index in [1.54, 1.807) is 24.3 Å². The van der Waals surface area contributed by atoms with Gasteiger partial charge in [-0.05, 0) is 87.9 Å². The molecule has 2 saturated heterocycles. The third kappa shape index (κ3) is 9.75. The second-order valence-corrected chi connectivity index (χ2v) is 13.4. The molecule has 0 aliphatic carbocycles. The fourth-order valence-corrected chi connectivity index (χ4v) is 6.33. The summed E-state index contributed by atoms with van der Waals surface area (Å²) < 4.78 is 21.4. The molecule has 11 heteroatoms. The first-order valence-corrected chi connectivity index (χ1v) is 18.0. The first-order chi connectivity index (χ1) is 25.6. The van der Waals surface area contributed by atoms with Gasteiger partial charge in [0.25, 0.3) is 5.91 Å². The Bertz CT molecular complexity index is 1990. The molecule has 0 bridgehead atoms. The molecule has 1 aromatic heterocycles. The molecule has 274 valence electrons. The van der Waals surface area contributed by atoms with Gasteiger partial charge in [-0.2, -0.15) is 0 Å². The molecule has 2 fully saturated rings. The van der Waals surface area contributed by atoms with Gasteiger partial charge in [0.2, 0.25) is 11.8 Å². The van der Waals surface area contributed by atoms with E-state index in [0.29, 0.717) is 48.8 Å². The Hall–Kier alpha value is -5.81. The second kappa shape index (κ2) is 17.1. The summed E-state index contributed by atoms with van der Waals surface area (Å²) in [6, 6.07) is 25.1. The fourth-order valence-electron chi connectivity index (χ4n) is 6.33. The van der Waals surface area contributed by atoms with Gasteiger partial charge in [0.15, 0.2) is 0 Å². The first kappa shape index (κ1) is 37.0. The Morgan fingerprint density at radius 3 is 2.43 bits per heavy atom. The number of benzene rings is 3. The molecule has 3 amide bonds. The molecular formula is C42H45FN6O4. The number of allylic oxidation sites excluding steroid dienone is 3. The maximum Gasteiger partial charge on any atom is 0.251 e. The van der Waals surface area contributed by atoms with Crippen LogP contribution in [0.2, 0.25) is 0 Å². The third-order valence-electron chi connectivity index (χ3n) is 9.37. The number of piperazine rings is 1. The van der Waals surface area contributed by atoms with Crippen LogP contribution in [0, 0.1) is 12.7 Å². The van der Waals surface area contributed by atoms with Crippen molar-refractivity contribution >= 4 is 34.9 Å². The van der Waals surface area contributed by atoms with E-state index >= 15 is 4.39 Å². The summed E-state index contributed by atoms with van der Waals surface area (Å²) in [5.74, 6) is 0.170. The number of piperidine rings is 1. The smallest absolute Gasteiger partial charge is 0.251 e. The van der Waals surface area contributed by atoms with Gasteiger partial charge in [-0.1, -0.05) is 48.0 Å². The van der Waals surface area contributed by atoms with Crippen LogP contribution in [0.25, 0.3) is 5.76 Å². The number of anilines is 2. The lowest BCUT2D eigenvalue weighted by atomic mass is 10.1. The number of ether oxygens (including phenoxy) is 1. The van der Waals surface area contributed by atoms with Crippen LogP contribution in [0.15, 0.2) is 103 Å². The van der Waals surface area contributed by atoms with E-state index in [-0.39, 0.29) is 30.1 Å². The maximum atomic E-state index is 15.2. The first-order valence-electron chi connectivity index (χ1n) is 18.0. The van der Waals surface area contributed by atoms with Gasteiger partial charge in [0.05, 0.1) is 23.1 Å². The van der Waals surface area contributed by atoms with Gasteiger partial charge < -0.3 is 20.3 Å². The average molecular weight is 717 g/mol. The van der Waals surface area contributed by atoms with Crippen molar-refractivity contribution in [1.82, 2.24) is 20.5 Å². The van der Waals surface area contributed by atoms with E-state index in [1.165, 1.54) is 6.07 Å². The molecular weight excluding hydrogens is 671 g/mol. The Balaban J connectivity index is 1.00. The molecule has 2 aliphatic heterocycles. The Kier molecular flexibility index (Phi) is 12.0. The quantitative estimate of drug-likeness (QED) is 0.0859. The number of imide groups is 1. The van der Waals surface area contributed by atoms with E-state index in [9.17, 15) is 14.4 Å². The molecule has 4 aromatic rings. The van der Waals surface area contributed by atoms with Crippen LogP contribution in [-0.4, -0.2) is 59.8 Å². The normalized spacial score (nSPS) is 17.4. The molecule has 53 heavy (non-hydrogen) atoms. The van der Waals surface area contributed by atoms with Crippen LogP contribution in [0.5, 0.6) is 5.75 Å². The molecule has 10 nitrogen and oxygen atoms in total. The predicted molar refractivity (Wildman–Crippen MR) is 205 cm³/mol. The molecule has 3 heterocycles. The fraction of sp³-hybridized carbons (Fsp3) is 0.286. The molecule has 2 atom stereocenters. The van der Waals surface area contributed by atoms with Crippen LogP contribution >= 0.6 is 0 Å². The zero-order chi connectivity index (χ0) is 37.3. The van der Waals surface area contributed by atoms with Crippen molar-refractivity contribution in [2.75, 3.05) is 36.4 Å². The number of pyridine rings is 1. The number of nitrogens with zero attached hydrogens (tertiary/aromatic N) is 3. The standard InChI is InChI=1S/C42H45FN6O4/c1-4-5-9-39(53-34-17-10-28(2)11-18-34)30-12-14-31(15-13-30)41(51)44-29(3)36-8-6-7-33(46-36)27-48-22-24-49(25-23-48)38-20-16-32(26-35(38)43)45-37-19-21-40(50)47-42(37)52/h4-18,20,26,29,37,45H,19,21-25,27H2,1-3H3,(H,44,51)(H,47,50,52)/b5-4-,39-9+. The number of amides is 3. The monoisotopic (exact) mass is 716 g/mol. The Labute approximate surface area is 309 Å². The molecule has 0 saturated carbocycles. The van der Waals surface area contributed by atoms with Gasteiger partial charge >= 0.3 is 0 Å². The number of hydrogen-bond donors (Lipinski definition) is 3. The zero-order valence-electron chi connectivity index (χ0n) is 30.3. The van der Waals surface area contributed by atoms with Crippen molar-refractivity contribution in [3.63, 3.8) is 0 Å². The van der Waals surface area contributed by atoms with Crippen LogP contribution in [0.3, 0.4) is 0 Å². The van der Waals surface area contributed by atoms with Crippen LogP contribution in [0.1, 0.15) is 65.6 Å². The van der Waals surface area contributed by atoms with E-state index in [4.69, 9.17) is 9.72 Å². The van der Waals surface area contributed by atoms with Crippen molar-refractivity contribution < 1.29 is 23.5 Å². The zero-order valence-corrected chi connectivity index (χ0v) is 30.3. The van der Waals surface area contributed by atoms with Crippen LogP contribution < -0.4 is 25.6 Å². The molecule has 0 spiro atoms. The van der Waals surface area contributed by atoms with Crippen molar-refractivity contribution in [2.45, 2.75) is 52.2 Å². The van der Waals surface area contributed by atoms with Crippen molar-refractivity contribution in [3.8, 4) is 5.75 Å². The van der Waals surface area contributed by atoms with Gasteiger partial charge in [-0.15, -0.1) is 0 Å². The van der Waals surface area contributed by atoms with Gasteiger partial charge in [-0.25, -0.2) is 4.39 Å². The highest BCUT2D eigenvalue weighted by molar-refractivity contribution is 6.01. The number of carbonyl (C=O) groups is 3. The minimum Gasteiger partial charge on any atom is -0.457 e. The van der Waals surface area contributed by atoms with Crippen molar-refractivity contribution in [3.05, 3.63) is 137 Å².